The number of urea groups is 1. The van der Waals surface area contributed by atoms with E-state index in [4.69, 9.17) is 0 Å². The van der Waals surface area contributed by atoms with E-state index in [1.54, 1.807) is 23.9 Å². The van der Waals surface area contributed by atoms with Crippen LogP contribution in [-0.4, -0.2) is 52.0 Å². The number of carbonyl (C=O) groups excluding carboxylic acids is 2. The van der Waals surface area contributed by atoms with E-state index in [0.29, 0.717) is 44.0 Å². The third-order valence-electron chi connectivity index (χ3n) is 6.15. The fourth-order valence-corrected chi connectivity index (χ4v) is 5.76. The Labute approximate surface area is 187 Å². The number of rotatable bonds is 3. The second-order valence-electron chi connectivity index (χ2n) is 8.46. The molecule has 0 atom stereocenters. The van der Waals surface area contributed by atoms with Crippen LogP contribution in [-0.2, 0) is 0 Å². The van der Waals surface area contributed by atoms with E-state index in [-0.39, 0.29) is 16.8 Å². The van der Waals surface area contributed by atoms with E-state index in [0.717, 1.165) is 11.4 Å². The highest BCUT2D eigenvalue weighted by atomic mass is 32.2. The Kier molecular flexibility index (Phi) is 6.23. The maximum Gasteiger partial charge on any atom is 0.321 e. The number of nitrogens with one attached hydrogen (secondary N) is 1. The van der Waals surface area contributed by atoms with E-state index in [1.165, 1.54) is 17.7 Å². The molecule has 2 aromatic rings. The molecule has 2 aromatic carbocycles. The first kappa shape index (κ1) is 21.7. The summed E-state index contributed by atoms with van der Waals surface area (Å²) >= 11 is 1.78. The summed E-state index contributed by atoms with van der Waals surface area (Å²) in [7, 11) is 0. The summed E-state index contributed by atoms with van der Waals surface area (Å²) in [6.45, 7) is 6.08. The van der Waals surface area contributed by atoms with Gasteiger partial charge >= 0.3 is 6.03 Å². The van der Waals surface area contributed by atoms with Gasteiger partial charge < -0.3 is 15.1 Å². The minimum atomic E-state index is -0.403. The van der Waals surface area contributed by atoms with Crippen molar-refractivity contribution < 1.29 is 14.0 Å². The number of piperidine rings is 1. The molecule has 2 aliphatic rings. The molecule has 2 heterocycles. The molecule has 5 nitrogen and oxygen atoms in total. The summed E-state index contributed by atoms with van der Waals surface area (Å²) in [6.07, 6.45) is 1.41. The molecular weight excluding hydrogens is 413 g/mol. The molecule has 0 unspecified atom stereocenters. The largest absolute Gasteiger partial charge is 0.324 e. The monoisotopic (exact) mass is 441 g/mol. The second-order valence-corrected chi connectivity index (χ2v) is 9.91. The Morgan fingerprint density at radius 1 is 1.06 bits per heavy atom. The number of hydrogen-bond acceptors (Lipinski definition) is 3. The molecule has 0 bridgehead atoms. The fraction of sp³-hybridized carbons (Fsp3) is 0.417. The Bertz CT molecular complexity index is 956. The molecule has 2 fully saturated rings. The zero-order valence-corrected chi connectivity index (χ0v) is 18.8. The number of likely N-dealkylation sites (tertiary alicyclic amines) is 1. The van der Waals surface area contributed by atoms with Crippen molar-refractivity contribution in [3.05, 3.63) is 65.5 Å². The molecule has 2 saturated heterocycles. The highest BCUT2D eigenvalue weighted by Crippen LogP contribution is 2.44. The summed E-state index contributed by atoms with van der Waals surface area (Å²) in [5.74, 6) is 0.771. The van der Waals surface area contributed by atoms with Gasteiger partial charge in [-0.3, -0.25) is 4.79 Å². The normalized spacial score (nSPS) is 17.9. The van der Waals surface area contributed by atoms with E-state index in [9.17, 15) is 14.0 Å². The zero-order chi connectivity index (χ0) is 22.0. The topological polar surface area (TPSA) is 52.7 Å². The van der Waals surface area contributed by atoms with Gasteiger partial charge in [0.15, 0.2) is 0 Å². The third-order valence-corrected chi connectivity index (χ3v) is 7.71. The second kappa shape index (κ2) is 8.91. The Balaban J connectivity index is 1.38. The van der Waals surface area contributed by atoms with Crippen molar-refractivity contribution in [3.8, 4) is 0 Å². The lowest BCUT2D eigenvalue weighted by Gasteiger charge is -2.44. The fourth-order valence-electron chi connectivity index (χ4n) is 4.30. The van der Waals surface area contributed by atoms with Crippen LogP contribution in [0.2, 0.25) is 0 Å². The van der Waals surface area contributed by atoms with Crippen molar-refractivity contribution in [2.45, 2.75) is 37.5 Å². The van der Waals surface area contributed by atoms with Gasteiger partial charge in [0.25, 0.3) is 5.91 Å². The highest BCUT2D eigenvalue weighted by molar-refractivity contribution is 8.00. The lowest BCUT2D eigenvalue weighted by molar-refractivity contribution is 0.0585. The standard InChI is InChI=1S/C24H28FN3O2S/c1-17(2)18-6-8-21(9-7-18)26-23(30)27-12-10-24(11-13-27)28(14-15-31-24)22(29)19-4-3-5-20(25)16-19/h3-9,16-17H,10-15H2,1-2H3,(H,26,30). The smallest absolute Gasteiger partial charge is 0.321 e. The summed E-state index contributed by atoms with van der Waals surface area (Å²) in [5, 5.41) is 2.98. The molecule has 2 aliphatic heterocycles. The maximum absolute atomic E-state index is 13.6. The SMILES string of the molecule is CC(C)c1ccc(NC(=O)N2CCC3(CC2)SCCN3C(=O)c2cccc(F)c2)cc1. The minimum absolute atomic E-state index is 0.113. The van der Waals surface area contributed by atoms with Crippen LogP contribution in [0.25, 0.3) is 0 Å². The molecule has 3 amide bonds. The molecule has 0 saturated carbocycles. The number of benzene rings is 2. The van der Waals surface area contributed by atoms with Crippen molar-refractivity contribution in [3.63, 3.8) is 0 Å². The Morgan fingerprint density at radius 3 is 2.42 bits per heavy atom. The van der Waals surface area contributed by atoms with E-state index in [1.807, 2.05) is 34.1 Å². The lowest BCUT2D eigenvalue weighted by Crippen LogP contribution is -2.54. The lowest BCUT2D eigenvalue weighted by atomic mass is 10.0. The van der Waals surface area contributed by atoms with Crippen molar-refractivity contribution in [1.82, 2.24) is 9.80 Å². The molecule has 0 radical (unpaired) electrons. The molecule has 31 heavy (non-hydrogen) atoms. The van der Waals surface area contributed by atoms with Crippen molar-refractivity contribution >= 4 is 29.4 Å². The van der Waals surface area contributed by atoms with E-state index >= 15 is 0 Å². The summed E-state index contributed by atoms with van der Waals surface area (Å²) in [6, 6.07) is 13.7. The first-order valence-electron chi connectivity index (χ1n) is 10.8. The van der Waals surface area contributed by atoms with Gasteiger partial charge in [0.2, 0.25) is 0 Å². The number of halogens is 1. The third kappa shape index (κ3) is 4.56. The number of nitrogens with zero attached hydrogens (tertiary/aromatic N) is 2. The number of anilines is 1. The zero-order valence-electron chi connectivity index (χ0n) is 17.9. The number of hydrogen-bond donors (Lipinski definition) is 1. The number of carbonyl (C=O) groups is 2. The highest BCUT2D eigenvalue weighted by Gasteiger charge is 2.47. The van der Waals surface area contributed by atoms with Gasteiger partial charge in [-0.2, -0.15) is 0 Å². The van der Waals surface area contributed by atoms with Crippen LogP contribution in [0.4, 0.5) is 14.9 Å². The van der Waals surface area contributed by atoms with E-state index < -0.39 is 5.82 Å². The van der Waals surface area contributed by atoms with Crippen LogP contribution < -0.4 is 5.32 Å². The molecule has 0 aromatic heterocycles. The van der Waals surface area contributed by atoms with Gasteiger partial charge in [-0.15, -0.1) is 11.8 Å². The summed E-state index contributed by atoms with van der Waals surface area (Å²) < 4.78 is 13.6. The first-order valence-corrected chi connectivity index (χ1v) is 11.7. The quantitative estimate of drug-likeness (QED) is 0.716. The molecular formula is C24H28FN3O2S. The number of thioether (sulfide) groups is 1. The van der Waals surface area contributed by atoms with Crippen molar-refractivity contribution in [2.75, 3.05) is 30.7 Å². The van der Waals surface area contributed by atoms with Crippen molar-refractivity contribution in [2.24, 2.45) is 0 Å². The van der Waals surface area contributed by atoms with Crippen LogP contribution in [0.5, 0.6) is 0 Å². The van der Waals surface area contributed by atoms with Crippen LogP contribution in [0.15, 0.2) is 48.5 Å². The van der Waals surface area contributed by atoms with Gasteiger partial charge in [-0.25, -0.2) is 9.18 Å². The summed E-state index contributed by atoms with van der Waals surface area (Å²) in [4.78, 5) is 29.2. The maximum atomic E-state index is 13.6. The molecule has 1 N–H and O–H groups in total. The minimum Gasteiger partial charge on any atom is -0.324 e. The predicted octanol–water partition coefficient (Wildman–Crippen LogP) is 5.16. The summed E-state index contributed by atoms with van der Waals surface area (Å²) in [5.41, 5.74) is 2.40. The van der Waals surface area contributed by atoms with E-state index in [2.05, 4.69) is 19.2 Å². The van der Waals surface area contributed by atoms with Crippen LogP contribution in [0, 0.1) is 5.82 Å². The molecule has 1 spiro atoms. The van der Waals surface area contributed by atoms with Crippen LogP contribution >= 0.6 is 11.8 Å². The average molecular weight is 442 g/mol. The number of amides is 3. The van der Waals surface area contributed by atoms with Gasteiger partial charge in [0.05, 0.1) is 4.87 Å². The molecule has 4 rings (SSSR count). The van der Waals surface area contributed by atoms with Gasteiger partial charge in [0, 0.05) is 36.6 Å². The van der Waals surface area contributed by atoms with Gasteiger partial charge in [-0.05, 0) is 54.7 Å². The molecule has 0 aliphatic carbocycles. The van der Waals surface area contributed by atoms with Crippen LogP contribution in [0.1, 0.15) is 48.5 Å². The average Bonchev–Trinajstić information content (AvgIpc) is 3.16. The Hall–Kier alpha value is -2.54. The van der Waals surface area contributed by atoms with Gasteiger partial charge in [0.1, 0.15) is 5.82 Å². The molecule has 164 valence electrons. The van der Waals surface area contributed by atoms with Crippen LogP contribution in [0.3, 0.4) is 0 Å². The van der Waals surface area contributed by atoms with Gasteiger partial charge in [-0.1, -0.05) is 32.0 Å². The predicted molar refractivity (Wildman–Crippen MR) is 123 cm³/mol. The molecule has 7 heteroatoms. The Morgan fingerprint density at radius 2 is 1.77 bits per heavy atom. The van der Waals surface area contributed by atoms with Crippen molar-refractivity contribution in [1.29, 1.82) is 0 Å². The first-order chi connectivity index (χ1) is 14.9.